The maximum atomic E-state index is 11.0. The fraction of sp³-hybridized carbons (Fsp3) is 0.818. The smallest absolute Gasteiger partial charge is 0.375 e. The molecule has 1 aliphatic rings. The van der Waals surface area contributed by atoms with Gasteiger partial charge >= 0.3 is 5.97 Å². The molecule has 1 rings (SSSR count). The van der Waals surface area contributed by atoms with Crippen LogP contribution in [0.4, 0.5) is 0 Å². The third-order valence-corrected chi connectivity index (χ3v) is 2.95. The minimum Gasteiger partial charge on any atom is -0.444 e. The third kappa shape index (κ3) is 6.43. The number of hydrogen-bond acceptors (Lipinski definition) is 8. The molecule has 0 radical (unpaired) electrons. The molecule has 0 unspecified atom stereocenters. The predicted octanol–water partition coefficient (Wildman–Crippen LogP) is -0.708. The predicted molar refractivity (Wildman–Crippen MR) is 67.2 cm³/mol. The molecule has 0 aromatic rings. The van der Waals surface area contributed by atoms with Gasteiger partial charge in [0.05, 0.1) is 6.61 Å². The lowest BCUT2D eigenvalue weighted by atomic mass is 10.3. The van der Waals surface area contributed by atoms with Gasteiger partial charge in [-0.05, 0) is 6.42 Å². The molecule has 0 bridgehead atoms. The topological polar surface area (TPSA) is 102 Å². The monoisotopic (exact) mass is 289 g/mol. The van der Waals surface area contributed by atoms with Crippen molar-refractivity contribution in [2.45, 2.75) is 13.3 Å². The Kier molecular flexibility index (Phi) is 6.88. The molecule has 114 valence electrons. The molecule has 1 heterocycles. The number of ether oxygens (including phenoxy) is 1. The van der Waals surface area contributed by atoms with Crippen LogP contribution in [0.5, 0.6) is 0 Å². The lowest BCUT2D eigenvalue weighted by molar-refractivity contribution is -0.757. The molecule has 0 saturated carbocycles. The minimum absolute atomic E-state index is 0.101. The summed E-state index contributed by atoms with van der Waals surface area (Å²) in [6, 6.07) is 0. The minimum atomic E-state index is -0.815. The Hall–Kier alpha value is -1.74. The molecule has 0 aliphatic carbocycles. The number of carbonyl (C=O) groups is 2. The summed E-state index contributed by atoms with van der Waals surface area (Å²) >= 11 is 0. The van der Waals surface area contributed by atoms with Crippen LogP contribution in [-0.4, -0.2) is 72.7 Å². The quantitative estimate of drug-likeness (QED) is 0.190. The Morgan fingerprint density at radius 1 is 1.20 bits per heavy atom. The summed E-state index contributed by atoms with van der Waals surface area (Å²) in [6.07, 6.45) is 0.598. The van der Waals surface area contributed by atoms with Crippen LogP contribution in [0, 0.1) is 10.1 Å². The zero-order valence-electron chi connectivity index (χ0n) is 11.4. The second-order valence-corrected chi connectivity index (χ2v) is 4.49. The number of ketones is 1. The molecule has 9 heteroatoms. The average Bonchev–Trinajstić information content (AvgIpc) is 2.42. The summed E-state index contributed by atoms with van der Waals surface area (Å²) in [7, 11) is 0. The Balaban J connectivity index is 2.09. The van der Waals surface area contributed by atoms with Crippen molar-refractivity contribution in [1.29, 1.82) is 0 Å². The van der Waals surface area contributed by atoms with E-state index >= 15 is 0 Å². The van der Waals surface area contributed by atoms with E-state index in [4.69, 9.17) is 4.74 Å². The molecule has 9 nitrogen and oxygen atoms in total. The highest BCUT2D eigenvalue weighted by Gasteiger charge is 2.18. The van der Waals surface area contributed by atoms with E-state index in [0.717, 1.165) is 32.7 Å². The fourth-order valence-corrected chi connectivity index (χ4v) is 1.82. The molecule has 1 aliphatic heterocycles. The van der Waals surface area contributed by atoms with Gasteiger partial charge in [0.1, 0.15) is 6.73 Å². The highest BCUT2D eigenvalue weighted by atomic mass is 16.9. The van der Waals surface area contributed by atoms with Crippen molar-refractivity contribution in [3.05, 3.63) is 10.1 Å². The van der Waals surface area contributed by atoms with Crippen LogP contribution < -0.4 is 0 Å². The van der Waals surface area contributed by atoms with Crippen LogP contribution in [0.25, 0.3) is 0 Å². The number of Topliss-reactive ketones (excluding diaryl/α,β-unsaturated/α-hetero) is 1. The van der Waals surface area contributed by atoms with E-state index in [0.29, 0.717) is 6.42 Å². The maximum Gasteiger partial charge on any atom is 0.375 e. The van der Waals surface area contributed by atoms with Gasteiger partial charge in [-0.25, -0.2) is 4.79 Å². The van der Waals surface area contributed by atoms with E-state index < -0.39 is 16.8 Å². The normalized spacial score (nSPS) is 16.6. The number of rotatable bonds is 8. The van der Waals surface area contributed by atoms with Crippen molar-refractivity contribution in [3.8, 4) is 0 Å². The summed E-state index contributed by atoms with van der Waals surface area (Å²) < 4.78 is 4.83. The van der Waals surface area contributed by atoms with Crippen LogP contribution in [0.2, 0.25) is 0 Å². The summed E-state index contributed by atoms with van der Waals surface area (Å²) in [6.45, 7) is 5.15. The van der Waals surface area contributed by atoms with E-state index in [1.807, 2.05) is 4.90 Å². The van der Waals surface area contributed by atoms with Crippen molar-refractivity contribution in [2.24, 2.45) is 0 Å². The Morgan fingerprint density at radius 2 is 1.80 bits per heavy atom. The molecule has 0 amide bonds. The summed E-state index contributed by atoms with van der Waals surface area (Å²) in [5.74, 6) is -1.42. The fourth-order valence-electron chi connectivity index (χ4n) is 1.82. The zero-order chi connectivity index (χ0) is 15.0. The van der Waals surface area contributed by atoms with E-state index in [1.165, 1.54) is 6.92 Å². The van der Waals surface area contributed by atoms with Crippen molar-refractivity contribution in [1.82, 2.24) is 9.80 Å². The van der Waals surface area contributed by atoms with Gasteiger partial charge < -0.3 is 14.5 Å². The van der Waals surface area contributed by atoms with Gasteiger partial charge in [0.15, 0.2) is 0 Å². The van der Waals surface area contributed by atoms with Crippen molar-refractivity contribution in [2.75, 3.05) is 46.1 Å². The van der Waals surface area contributed by atoms with E-state index in [-0.39, 0.29) is 13.3 Å². The first kappa shape index (κ1) is 16.3. The SMILES string of the molecule is CC(=O)C(=O)OCN1CCN(CCCO[N+](=O)[O-])CC1. The second kappa shape index (κ2) is 8.43. The van der Waals surface area contributed by atoms with Gasteiger partial charge in [0, 0.05) is 39.6 Å². The number of esters is 1. The average molecular weight is 289 g/mol. The van der Waals surface area contributed by atoms with E-state index in [9.17, 15) is 19.7 Å². The first-order valence-corrected chi connectivity index (χ1v) is 6.38. The summed E-state index contributed by atoms with van der Waals surface area (Å²) in [4.78, 5) is 40.0. The Labute approximate surface area is 116 Å². The van der Waals surface area contributed by atoms with Crippen LogP contribution in [0.15, 0.2) is 0 Å². The van der Waals surface area contributed by atoms with Crippen LogP contribution in [0.1, 0.15) is 13.3 Å². The molecule has 0 atom stereocenters. The molecular weight excluding hydrogens is 270 g/mol. The summed E-state index contributed by atoms with van der Waals surface area (Å²) in [5, 5.41) is 9.18. The van der Waals surface area contributed by atoms with Gasteiger partial charge in [-0.3, -0.25) is 9.69 Å². The Morgan fingerprint density at radius 3 is 2.35 bits per heavy atom. The Bertz CT molecular complexity index is 354. The van der Waals surface area contributed by atoms with Crippen molar-refractivity contribution < 1.29 is 24.3 Å². The number of nitrogens with zero attached hydrogens (tertiary/aromatic N) is 3. The van der Waals surface area contributed by atoms with Crippen molar-refractivity contribution >= 4 is 11.8 Å². The molecule has 0 N–H and O–H groups in total. The standard InChI is InChI=1S/C11H19N3O6/c1-10(15)11(16)19-9-13-6-4-12(5-7-13)3-2-8-20-14(17)18/h2-9H2,1H3. The maximum absolute atomic E-state index is 11.0. The molecule has 0 spiro atoms. The van der Waals surface area contributed by atoms with Gasteiger partial charge in [0.2, 0.25) is 5.78 Å². The molecule has 1 saturated heterocycles. The molecule has 0 aromatic carbocycles. The highest BCUT2D eigenvalue weighted by Crippen LogP contribution is 2.03. The first-order valence-electron chi connectivity index (χ1n) is 6.38. The van der Waals surface area contributed by atoms with Crippen LogP contribution >= 0.6 is 0 Å². The van der Waals surface area contributed by atoms with Crippen LogP contribution in [0.3, 0.4) is 0 Å². The zero-order valence-corrected chi connectivity index (χ0v) is 11.4. The van der Waals surface area contributed by atoms with Gasteiger partial charge in [-0.15, -0.1) is 10.1 Å². The largest absolute Gasteiger partial charge is 0.444 e. The molecule has 0 aromatic heterocycles. The van der Waals surface area contributed by atoms with E-state index in [1.54, 1.807) is 0 Å². The van der Waals surface area contributed by atoms with Gasteiger partial charge in [0.25, 0.3) is 5.09 Å². The number of carbonyl (C=O) groups excluding carboxylic acids is 2. The van der Waals surface area contributed by atoms with Gasteiger partial charge in [-0.2, -0.15) is 0 Å². The van der Waals surface area contributed by atoms with Crippen molar-refractivity contribution in [3.63, 3.8) is 0 Å². The van der Waals surface area contributed by atoms with E-state index in [2.05, 4.69) is 9.74 Å². The molecule has 1 fully saturated rings. The molecular formula is C11H19N3O6. The third-order valence-electron chi connectivity index (χ3n) is 2.95. The second-order valence-electron chi connectivity index (χ2n) is 4.49. The number of hydrogen-bond donors (Lipinski definition) is 0. The lowest BCUT2D eigenvalue weighted by Crippen LogP contribution is -2.47. The number of piperazine rings is 1. The molecule has 20 heavy (non-hydrogen) atoms. The first-order chi connectivity index (χ1) is 9.49. The highest BCUT2D eigenvalue weighted by molar-refractivity contribution is 6.32. The lowest BCUT2D eigenvalue weighted by Gasteiger charge is -2.33. The van der Waals surface area contributed by atoms with Gasteiger partial charge in [-0.1, -0.05) is 0 Å². The van der Waals surface area contributed by atoms with Crippen LogP contribution in [-0.2, 0) is 19.2 Å². The summed E-state index contributed by atoms with van der Waals surface area (Å²) in [5.41, 5.74) is 0.